The lowest BCUT2D eigenvalue weighted by atomic mass is 10.4. The van der Waals surface area contributed by atoms with Gasteiger partial charge in [0.1, 0.15) is 0 Å². The summed E-state index contributed by atoms with van der Waals surface area (Å²) >= 11 is 0. The van der Waals surface area contributed by atoms with Crippen LogP contribution >= 0.6 is 0 Å². The number of ether oxygens (including phenoxy) is 1. The molecule has 0 aromatic rings. The summed E-state index contributed by atoms with van der Waals surface area (Å²) in [5.74, 6) is 0. The van der Waals surface area contributed by atoms with Gasteiger partial charge in [0.2, 0.25) is 0 Å². The highest BCUT2D eigenvalue weighted by molar-refractivity contribution is 4.64. The summed E-state index contributed by atoms with van der Waals surface area (Å²) in [6.45, 7) is 11.8. The number of hydrogen-bond donors (Lipinski definition) is 1. The van der Waals surface area contributed by atoms with Crippen LogP contribution in [0, 0.1) is 0 Å². The Kier molecular flexibility index (Phi) is 6.92. The van der Waals surface area contributed by atoms with Crippen molar-refractivity contribution in [1.29, 1.82) is 0 Å². The van der Waals surface area contributed by atoms with E-state index in [0.29, 0.717) is 0 Å². The highest BCUT2D eigenvalue weighted by atomic mass is 16.5. The van der Waals surface area contributed by atoms with Crippen LogP contribution in [-0.2, 0) is 4.74 Å². The number of nitrogens with one attached hydrogen (secondary N) is 1. The van der Waals surface area contributed by atoms with Gasteiger partial charge in [0.15, 0.2) is 0 Å². The van der Waals surface area contributed by atoms with E-state index in [9.17, 15) is 0 Å². The molecule has 1 aliphatic heterocycles. The molecule has 0 aliphatic carbocycles. The minimum atomic E-state index is 0.904. The first kappa shape index (κ1) is 12.9. The molecular formula is C11H25N3O. The Morgan fingerprint density at radius 3 is 2.67 bits per heavy atom. The van der Waals surface area contributed by atoms with Crippen molar-refractivity contribution in [1.82, 2.24) is 15.1 Å². The Labute approximate surface area is 93.6 Å². The highest BCUT2D eigenvalue weighted by Gasteiger charge is 2.10. The van der Waals surface area contributed by atoms with Gasteiger partial charge in [-0.05, 0) is 13.6 Å². The van der Waals surface area contributed by atoms with Gasteiger partial charge in [-0.15, -0.1) is 0 Å². The van der Waals surface area contributed by atoms with Crippen LogP contribution in [0.15, 0.2) is 0 Å². The minimum absolute atomic E-state index is 0.904. The van der Waals surface area contributed by atoms with Crippen LogP contribution in [0.25, 0.3) is 0 Å². The van der Waals surface area contributed by atoms with Crippen LogP contribution in [0.1, 0.15) is 6.92 Å². The molecule has 90 valence electrons. The minimum Gasteiger partial charge on any atom is -0.379 e. The molecular weight excluding hydrogens is 190 g/mol. The fraction of sp³-hybridized carbons (Fsp3) is 1.00. The zero-order valence-corrected chi connectivity index (χ0v) is 10.2. The molecule has 0 amide bonds. The SMILES string of the molecule is CCNCCN(C)CCN1CCOCC1. The summed E-state index contributed by atoms with van der Waals surface area (Å²) in [6.07, 6.45) is 0. The van der Waals surface area contributed by atoms with E-state index in [1.54, 1.807) is 0 Å². The number of rotatable bonds is 7. The van der Waals surface area contributed by atoms with E-state index >= 15 is 0 Å². The first-order valence-electron chi connectivity index (χ1n) is 6.02. The molecule has 1 N–H and O–H groups in total. The van der Waals surface area contributed by atoms with Gasteiger partial charge in [0.05, 0.1) is 13.2 Å². The second kappa shape index (κ2) is 8.05. The van der Waals surface area contributed by atoms with Crippen LogP contribution in [0.3, 0.4) is 0 Å². The third kappa shape index (κ3) is 6.10. The van der Waals surface area contributed by atoms with Gasteiger partial charge in [-0.2, -0.15) is 0 Å². The van der Waals surface area contributed by atoms with Crippen molar-refractivity contribution in [2.24, 2.45) is 0 Å². The van der Waals surface area contributed by atoms with E-state index in [4.69, 9.17) is 4.74 Å². The van der Waals surface area contributed by atoms with Gasteiger partial charge >= 0.3 is 0 Å². The van der Waals surface area contributed by atoms with E-state index in [-0.39, 0.29) is 0 Å². The normalized spacial score (nSPS) is 18.6. The van der Waals surface area contributed by atoms with Gasteiger partial charge in [-0.1, -0.05) is 6.92 Å². The van der Waals surface area contributed by atoms with Gasteiger partial charge in [-0.3, -0.25) is 4.90 Å². The number of likely N-dealkylation sites (N-methyl/N-ethyl adjacent to an activating group) is 2. The molecule has 1 saturated heterocycles. The van der Waals surface area contributed by atoms with Crippen molar-refractivity contribution in [2.75, 3.05) is 66.1 Å². The fourth-order valence-corrected chi connectivity index (χ4v) is 1.70. The Balaban J connectivity index is 1.97. The van der Waals surface area contributed by atoms with Crippen molar-refractivity contribution < 1.29 is 4.74 Å². The van der Waals surface area contributed by atoms with Crippen molar-refractivity contribution in [3.05, 3.63) is 0 Å². The molecule has 0 aromatic carbocycles. The second-order valence-corrected chi connectivity index (χ2v) is 4.11. The second-order valence-electron chi connectivity index (χ2n) is 4.11. The maximum absolute atomic E-state index is 5.32. The van der Waals surface area contributed by atoms with Crippen molar-refractivity contribution in [3.8, 4) is 0 Å². The Morgan fingerprint density at radius 2 is 2.00 bits per heavy atom. The topological polar surface area (TPSA) is 27.7 Å². The van der Waals surface area contributed by atoms with Crippen LogP contribution in [-0.4, -0.2) is 75.9 Å². The van der Waals surface area contributed by atoms with Crippen LogP contribution in [0.4, 0.5) is 0 Å². The molecule has 1 rings (SSSR count). The molecule has 4 heteroatoms. The standard InChI is InChI=1S/C11H25N3O/c1-3-12-4-5-13(2)6-7-14-8-10-15-11-9-14/h12H,3-11H2,1-2H3. The lowest BCUT2D eigenvalue weighted by molar-refractivity contribution is 0.0345. The molecule has 0 saturated carbocycles. The maximum atomic E-state index is 5.32. The average molecular weight is 215 g/mol. The zero-order valence-electron chi connectivity index (χ0n) is 10.2. The molecule has 0 aromatic heterocycles. The van der Waals surface area contributed by atoms with Crippen molar-refractivity contribution in [2.45, 2.75) is 6.92 Å². The van der Waals surface area contributed by atoms with E-state index in [0.717, 1.165) is 52.5 Å². The fourth-order valence-electron chi connectivity index (χ4n) is 1.70. The molecule has 0 spiro atoms. The molecule has 1 fully saturated rings. The molecule has 0 atom stereocenters. The largest absolute Gasteiger partial charge is 0.379 e. The molecule has 0 bridgehead atoms. The number of nitrogens with zero attached hydrogens (tertiary/aromatic N) is 2. The number of morpholine rings is 1. The molecule has 0 radical (unpaired) electrons. The third-order valence-electron chi connectivity index (χ3n) is 2.82. The monoisotopic (exact) mass is 215 g/mol. The predicted octanol–water partition coefficient (Wildman–Crippen LogP) is -0.140. The van der Waals surface area contributed by atoms with E-state index in [1.807, 2.05) is 0 Å². The molecule has 4 nitrogen and oxygen atoms in total. The highest BCUT2D eigenvalue weighted by Crippen LogP contribution is 1.96. The zero-order chi connectivity index (χ0) is 10.9. The molecule has 0 unspecified atom stereocenters. The lowest BCUT2D eigenvalue weighted by Crippen LogP contribution is -2.41. The number of hydrogen-bond acceptors (Lipinski definition) is 4. The van der Waals surface area contributed by atoms with Crippen LogP contribution in [0.2, 0.25) is 0 Å². The summed E-state index contributed by atoms with van der Waals surface area (Å²) in [5, 5.41) is 3.34. The van der Waals surface area contributed by atoms with Crippen molar-refractivity contribution >= 4 is 0 Å². The summed E-state index contributed by atoms with van der Waals surface area (Å²) < 4.78 is 5.32. The lowest BCUT2D eigenvalue weighted by Gasteiger charge is -2.28. The third-order valence-corrected chi connectivity index (χ3v) is 2.82. The van der Waals surface area contributed by atoms with E-state index < -0.39 is 0 Å². The van der Waals surface area contributed by atoms with E-state index in [2.05, 4.69) is 29.1 Å². The quantitative estimate of drug-likeness (QED) is 0.598. The first-order chi connectivity index (χ1) is 7.33. The first-order valence-corrected chi connectivity index (χ1v) is 6.02. The summed E-state index contributed by atoms with van der Waals surface area (Å²) in [4.78, 5) is 4.87. The Bertz CT molecular complexity index is 149. The summed E-state index contributed by atoms with van der Waals surface area (Å²) in [7, 11) is 2.19. The molecule has 1 aliphatic rings. The average Bonchev–Trinajstić information content (AvgIpc) is 2.28. The van der Waals surface area contributed by atoms with Gasteiger partial charge in [0.25, 0.3) is 0 Å². The van der Waals surface area contributed by atoms with E-state index in [1.165, 1.54) is 6.54 Å². The Hall–Kier alpha value is -0.160. The van der Waals surface area contributed by atoms with Crippen LogP contribution < -0.4 is 5.32 Å². The summed E-state index contributed by atoms with van der Waals surface area (Å²) in [5.41, 5.74) is 0. The smallest absolute Gasteiger partial charge is 0.0594 e. The van der Waals surface area contributed by atoms with Gasteiger partial charge in [0, 0.05) is 39.3 Å². The molecule has 1 heterocycles. The van der Waals surface area contributed by atoms with Crippen molar-refractivity contribution in [3.63, 3.8) is 0 Å². The summed E-state index contributed by atoms with van der Waals surface area (Å²) in [6, 6.07) is 0. The van der Waals surface area contributed by atoms with Gasteiger partial charge in [-0.25, -0.2) is 0 Å². The Morgan fingerprint density at radius 1 is 1.27 bits per heavy atom. The molecule has 15 heavy (non-hydrogen) atoms. The van der Waals surface area contributed by atoms with Gasteiger partial charge < -0.3 is 15.0 Å². The maximum Gasteiger partial charge on any atom is 0.0594 e. The predicted molar refractivity (Wildman–Crippen MR) is 63.3 cm³/mol. The van der Waals surface area contributed by atoms with Crippen LogP contribution in [0.5, 0.6) is 0 Å².